The summed E-state index contributed by atoms with van der Waals surface area (Å²) in [6.45, 7) is 2.78. The van der Waals surface area contributed by atoms with Crippen LogP contribution in [0.3, 0.4) is 0 Å². The quantitative estimate of drug-likeness (QED) is 0.323. The molecule has 0 saturated carbocycles. The number of hydrogen-bond donors (Lipinski definition) is 1. The fourth-order valence-corrected chi connectivity index (χ4v) is 5.19. The number of nitrogens with one attached hydrogen (secondary N) is 1. The lowest BCUT2D eigenvalue weighted by Gasteiger charge is -2.31. The molecular formula is C30H29N5O3. The van der Waals surface area contributed by atoms with Crippen molar-refractivity contribution in [3.05, 3.63) is 120 Å². The average molecular weight is 508 g/mol. The number of rotatable bonds is 6. The molecule has 38 heavy (non-hydrogen) atoms. The molecule has 0 saturated heterocycles. The number of carbonyl (C=O) groups is 1. The highest BCUT2D eigenvalue weighted by molar-refractivity contribution is 5.76. The van der Waals surface area contributed by atoms with E-state index < -0.39 is 0 Å². The Labute approximate surface area is 221 Å². The molecule has 0 spiro atoms. The largest absolute Gasteiger partial charge is 0.497 e. The number of benzene rings is 2. The Hall–Kier alpha value is -4.72. The second-order valence-corrected chi connectivity index (χ2v) is 9.20. The van der Waals surface area contributed by atoms with Gasteiger partial charge >= 0.3 is 6.03 Å². The van der Waals surface area contributed by atoms with Crippen LogP contribution in [0.2, 0.25) is 0 Å². The van der Waals surface area contributed by atoms with Crippen molar-refractivity contribution in [1.82, 2.24) is 24.6 Å². The van der Waals surface area contributed by atoms with E-state index in [1.54, 1.807) is 13.4 Å². The molecule has 1 aliphatic heterocycles. The number of ether oxygens (including phenoxy) is 1. The SMILES string of the molecule is CCc1nn(-c2ccccc2)c2c1CN(C(=O)NCc1ccco1)C(c1cccc(OC)c1)c1cccn1-2. The summed E-state index contributed by atoms with van der Waals surface area (Å²) in [5.41, 5.74) is 4.87. The highest BCUT2D eigenvalue weighted by Crippen LogP contribution is 2.39. The zero-order chi connectivity index (χ0) is 26.1. The summed E-state index contributed by atoms with van der Waals surface area (Å²) in [5.74, 6) is 2.38. The van der Waals surface area contributed by atoms with Crippen LogP contribution in [-0.2, 0) is 19.5 Å². The zero-order valence-corrected chi connectivity index (χ0v) is 21.4. The molecule has 1 unspecified atom stereocenters. The zero-order valence-electron chi connectivity index (χ0n) is 21.4. The maximum absolute atomic E-state index is 13.9. The number of amides is 2. The van der Waals surface area contributed by atoms with Crippen molar-refractivity contribution in [1.29, 1.82) is 0 Å². The van der Waals surface area contributed by atoms with Crippen LogP contribution < -0.4 is 10.1 Å². The van der Waals surface area contributed by atoms with Gasteiger partial charge in [0.1, 0.15) is 17.3 Å². The number of furan rings is 1. The van der Waals surface area contributed by atoms with Crippen LogP contribution in [0.25, 0.3) is 11.5 Å². The highest BCUT2D eigenvalue weighted by Gasteiger charge is 2.36. The maximum Gasteiger partial charge on any atom is 0.318 e. The van der Waals surface area contributed by atoms with Crippen molar-refractivity contribution in [2.24, 2.45) is 0 Å². The lowest BCUT2D eigenvalue weighted by molar-refractivity contribution is 0.179. The van der Waals surface area contributed by atoms with Gasteiger partial charge in [-0.1, -0.05) is 37.3 Å². The summed E-state index contributed by atoms with van der Waals surface area (Å²) in [6.07, 6.45) is 4.40. The molecule has 192 valence electrons. The predicted octanol–water partition coefficient (Wildman–Crippen LogP) is 5.64. The van der Waals surface area contributed by atoms with Crippen molar-refractivity contribution in [2.45, 2.75) is 32.5 Å². The second kappa shape index (κ2) is 9.97. The third-order valence-corrected chi connectivity index (χ3v) is 6.97. The Morgan fingerprint density at radius 1 is 1.08 bits per heavy atom. The van der Waals surface area contributed by atoms with E-state index in [0.717, 1.165) is 46.2 Å². The van der Waals surface area contributed by atoms with Crippen LogP contribution in [0.5, 0.6) is 5.75 Å². The summed E-state index contributed by atoms with van der Waals surface area (Å²) in [7, 11) is 1.65. The maximum atomic E-state index is 13.9. The van der Waals surface area contributed by atoms with Gasteiger partial charge < -0.3 is 23.9 Å². The van der Waals surface area contributed by atoms with Crippen molar-refractivity contribution in [3.8, 4) is 17.3 Å². The molecule has 3 aromatic heterocycles. The molecule has 6 rings (SSSR count). The van der Waals surface area contributed by atoms with Crippen LogP contribution >= 0.6 is 0 Å². The van der Waals surface area contributed by atoms with Gasteiger partial charge in [-0.3, -0.25) is 0 Å². The molecular weight excluding hydrogens is 478 g/mol. The number of carbonyl (C=O) groups excluding carboxylic acids is 1. The first-order valence-corrected chi connectivity index (χ1v) is 12.7. The normalized spacial score (nSPS) is 14.5. The van der Waals surface area contributed by atoms with E-state index in [-0.39, 0.29) is 12.1 Å². The first-order valence-electron chi connectivity index (χ1n) is 12.7. The summed E-state index contributed by atoms with van der Waals surface area (Å²) < 4.78 is 15.2. The number of urea groups is 1. The lowest BCUT2D eigenvalue weighted by Crippen LogP contribution is -2.41. The molecule has 0 aliphatic carbocycles. The van der Waals surface area contributed by atoms with Crippen LogP contribution in [0, 0.1) is 0 Å². The molecule has 8 heteroatoms. The Bertz CT molecular complexity index is 1550. The van der Waals surface area contributed by atoms with Gasteiger partial charge in [-0.25, -0.2) is 9.48 Å². The van der Waals surface area contributed by atoms with E-state index in [1.807, 2.05) is 88.6 Å². The molecule has 5 aromatic rings. The molecule has 1 atom stereocenters. The van der Waals surface area contributed by atoms with E-state index in [1.165, 1.54) is 0 Å². The Kier molecular flexibility index (Phi) is 6.21. The summed E-state index contributed by atoms with van der Waals surface area (Å²) in [6, 6.07) is 25.2. The monoisotopic (exact) mass is 507 g/mol. The minimum absolute atomic E-state index is 0.190. The number of hydrogen-bond acceptors (Lipinski definition) is 4. The summed E-state index contributed by atoms with van der Waals surface area (Å²) >= 11 is 0. The van der Waals surface area contributed by atoms with Gasteiger partial charge in [0.15, 0.2) is 0 Å². The van der Waals surface area contributed by atoms with Gasteiger partial charge in [-0.2, -0.15) is 5.10 Å². The number of aryl methyl sites for hydroxylation is 1. The first kappa shape index (κ1) is 23.7. The van der Waals surface area contributed by atoms with Gasteiger partial charge in [-0.15, -0.1) is 0 Å². The van der Waals surface area contributed by atoms with E-state index in [4.69, 9.17) is 14.3 Å². The van der Waals surface area contributed by atoms with E-state index in [2.05, 4.69) is 22.9 Å². The molecule has 1 aliphatic rings. The molecule has 1 N–H and O–H groups in total. The van der Waals surface area contributed by atoms with E-state index in [0.29, 0.717) is 18.8 Å². The third kappa shape index (κ3) is 4.14. The van der Waals surface area contributed by atoms with Gasteiger partial charge in [0.25, 0.3) is 0 Å². The van der Waals surface area contributed by atoms with Crippen LogP contribution in [0.15, 0.2) is 95.7 Å². The number of fused-ring (bicyclic) bond motifs is 3. The Balaban J connectivity index is 1.53. The average Bonchev–Trinajstić information content (AvgIpc) is 3.71. The van der Waals surface area contributed by atoms with Crippen molar-refractivity contribution < 1.29 is 13.9 Å². The van der Waals surface area contributed by atoms with Gasteiger partial charge in [-0.05, 0) is 60.5 Å². The smallest absolute Gasteiger partial charge is 0.318 e. The molecule has 0 radical (unpaired) electrons. The summed E-state index contributed by atoms with van der Waals surface area (Å²) in [4.78, 5) is 15.8. The Morgan fingerprint density at radius 3 is 2.71 bits per heavy atom. The predicted molar refractivity (Wildman–Crippen MR) is 144 cm³/mol. The molecule has 0 bridgehead atoms. The van der Waals surface area contributed by atoms with Crippen molar-refractivity contribution >= 4 is 6.03 Å². The third-order valence-electron chi connectivity index (χ3n) is 6.97. The number of methoxy groups -OCH3 is 1. The first-order chi connectivity index (χ1) is 18.7. The lowest BCUT2D eigenvalue weighted by atomic mass is 10.0. The van der Waals surface area contributed by atoms with Crippen LogP contribution in [-0.4, -0.2) is 32.4 Å². The van der Waals surface area contributed by atoms with Gasteiger partial charge in [0.05, 0.1) is 49.6 Å². The Morgan fingerprint density at radius 2 is 1.95 bits per heavy atom. The fourth-order valence-electron chi connectivity index (χ4n) is 5.19. The van der Waals surface area contributed by atoms with Gasteiger partial charge in [0, 0.05) is 11.8 Å². The topological polar surface area (TPSA) is 77.5 Å². The molecule has 2 aromatic carbocycles. The minimum Gasteiger partial charge on any atom is -0.497 e. The molecule has 8 nitrogen and oxygen atoms in total. The molecule has 4 heterocycles. The van der Waals surface area contributed by atoms with Gasteiger partial charge in [0.2, 0.25) is 0 Å². The highest BCUT2D eigenvalue weighted by atomic mass is 16.5. The number of aromatic nitrogens is 3. The van der Waals surface area contributed by atoms with Crippen LogP contribution in [0.1, 0.15) is 41.2 Å². The number of nitrogens with zero attached hydrogens (tertiary/aromatic N) is 4. The summed E-state index contributed by atoms with van der Waals surface area (Å²) in [5, 5.41) is 8.07. The fraction of sp³-hybridized carbons (Fsp3) is 0.200. The molecule has 2 amide bonds. The van der Waals surface area contributed by atoms with E-state index >= 15 is 0 Å². The van der Waals surface area contributed by atoms with Crippen LogP contribution in [0.4, 0.5) is 4.79 Å². The number of para-hydroxylation sites is 1. The standard InChI is InChI=1S/C30H29N5O3/c1-3-26-25-20-34(30(36)31-19-24-14-9-17-38-24)28(21-10-7-13-23(18-21)37-2)27-15-8-16-33(27)29(25)35(32-26)22-11-5-4-6-12-22/h4-18,28H,3,19-20H2,1-2H3,(H,31,36). The molecule has 0 fully saturated rings. The minimum atomic E-state index is -0.363. The second-order valence-electron chi connectivity index (χ2n) is 9.20. The van der Waals surface area contributed by atoms with Crippen molar-refractivity contribution in [2.75, 3.05) is 7.11 Å². The van der Waals surface area contributed by atoms with E-state index in [9.17, 15) is 4.79 Å². The van der Waals surface area contributed by atoms with Crippen molar-refractivity contribution in [3.63, 3.8) is 0 Å².